The van der Waals surface area contributed by atoms with Gasteiger partial charge in [-0.25, -0.2) is 19.6 Å². The maximum Gasteiger partial charge on any atom is 0.407 e. The monoisotopic (exact) mass is 880 g/mol. The van der Waals surface area contributed by atoms with Gasteiger partial charge in [0.05, 0.1) is 69.8 Å². The van der Waals surface area contributed by atoms with Gasteiger partial charge in [0.1, 0.15) is 23.7 Å². The molecule has 5 heterocycles. The maximum absolute atomic E-state index is 14.3. The van der Waals surface area contributed by atoms with Crippen LogP contribution in [0.5, 0.6) is 0 Å². The predicted molar refractivity (Wildman–Crippen MR) is 241 cm³/mol. The fourth-order valence-corrected chi connectivity index (χ4v) is 9.23. The molecule has 65 heavy (non-hydrogen) atoms. The summed E-state index contributed by atoms with van der Waals surface area (Å²) in [5, 5.41) is 7.57. The van der Waals surface area contributed by atoms with Gasteiger partial charge < -0.3 is 49.3 Å². The van der Waals surface area contributed by atoms with E-state index >= 15 is 0 Å². The van der Waals surface area contributed by atoms with Crippen LogP contribution in [0, 0.1) is 5.92 Å². The van der Waals surface area contributed by atoms with E-state index in [0.29, 0.717) is 37.6 Å². The number of ether oxygens (including phenoxy) is 4. The molecular formula is C49H52N8O8. The number of carbonyl (C=O) groups is 4. The van der Waals surface area contributed by atoms with Crippen LogP contribution < -0.4 is 10.6 Å². The fourth-order valence-electron chi connectivity index (χ4n) is 9.23. The van der Waals surface area contributed by atoms with E-state index in [9.17, 15) is 19.2 Å². The van der Waals surface area contributed by atoms with Crippen molar-refractivity contribution in [1.82, 2.24) is 40.4 Å². The van der Waals surface area contributed by atoms with Crippen molar-refractivity contribution >= 4 is 34.8 Å². The average Bonchev–Trinajstić information content (AvgIpc) is 4.21. The largest absolute Gasteiger partial charge is 0.453 e. The number of methoxy groups -OCH3 is 2. The van der Waals surface area contributed by atoms with Gasteiger partial charge in [0, 0.05) is 18.5 Å². The molecule has 9 rings (SSSR count). The highest BCUT2D eigenvalue weighted by Crippen LogP contribution is 2.43. The van der Waals surface area contributed by atoms with Crippen molar-refractivity contribution in [3.63, 3.8) is 0 Å². The fraction of sp³-hybridized carbons (Fsp3) is 0.347. The zero-order valence-electron chi connectivity index (χ0n) is 36.7. The molecule has 0 saturated carbocycles. The Morgan fingerprint density at radius 1 is 0.708 bits per heavy atom. The second-order valence-corrected chi connectivity index (χ2v) is 17.0. The zero-order valence-corrected chi connectivity index (χ0v) is 36.7. The van der Waals surface area contributed by atoms with Crippen LogP contribution in [0.4, 0.5) is 9.59 Å². The number of carbonyl (C=O) groups excluding carboxylic acids is 4. The molecule has 2 aromatic heterocycles. The number of benzene rings is 4. The first-order valence-corrected chi connectivity index (χ1v) is 21.9. The Hall–Kier alpha value is -7.04. The van der Waals surface area contributed by atoms with Crippen LogP contribution in [0.3, 0.4) is 0 Å². The second kappa shape index (κ2) is 18.2. The number of alkyl carbamates (subject to hydrolysis) is 2. The predicted octanol–water partition coefficient (Wildman–Crippen LogP) is 7.44. The van der Waals surface area contributed by atoms with Gasteiger partial charge in [-0.05, 0) is 63.9 Å². The molecule has 1 unspecified atom stereocenters. The molecule has 4 aromatic carbocycles. The summed E-state index contributed by atoms with van der Waals surface area (Å²) in [5.41, 5.74) is 6.28. The van der Waals surface area contributed by atoms with Crippen molar-refractivity contribution in [1.29, 1.82) is 0 Å². The summed E-state index contributed by atoms with van der Waals surface area (Å²) in [7, 11) is 2.55. The number of aromatic amines is 2. The van der Waals surface area contributed by atoms with Crippen molar-refractivity contribution < 1.29 is 38.1 Å². The van der Waals surface area contributed by atoms with E-state index in [1.165, 1.54) is 14.2 Å². The van der Waals surface area contributed by atoms with Crippen molar-refractivity contribution in [3.05, 3.63) is 121 Å². The number of imidazole rings is 2. The highest BCUT2D eigenvalue weighted by Gasteiger charge is 2.52. The van der Waals surface area contributed by atoms with E-state index in [2.05, 4.69) is 69.1 Å². The lowest BCUT2D eigenvalue weighted by atomic mass is 9.98. The third-order valence-corrected chi connectivity index (χ3v) is 12.6. The number of hydrogen-bond acceptors (Lipinski definition) is 10. The molecule has 0 radical (unpaired) electrons. The second-order valence-electron chi connectivity index (χ2n) is 17.0. The van der Waals surface area contributed by atoms with Gasteiger partial charge in [0.15, 0.2) is 5.79 Å². The Balaban J connectivity index is 0.898. The molecule has 4 atom stereocenters. The van der Waals surface area contributed by atoms with Gasteiger partial charge in [0.2, 0.25) is 5.91 Å². The summed E-state index contributed by atoms with van der Waals surface area (Å²) in [6, 6.07) is 27.6. The molecule has 336 valence electrons. The topological polar surface area (TPSA) is 193 Å². The smallest absolute Gasteiger partial charge is 0.407 e. The van der Waals surface area contributed by atoms with Gasteiger partial charge in [-0.3, -0.25) is 9.59 Å². The summed E-state index contributed by atoms with van der Waals surface area (Å²) in [4.78, 5) is 72.3. The maximum atomic E-state index is 14.3. The van der Waals surface area contributed by atoms with E-state index in [1.54, 1.807) is 23.2 Å². The quantitative estimate of drug-likeness (QED) is 0.102. The summed E-state index contributed by atoms with van der Waals surface area (Å²) in [5.74, 6) is -0.268. The molecule has 16 heteroatoms. The minimum atomic E-state index is -0.997. The van der Waals surface area contributed by atoms with Crippen LogP contribution in [-0.2, 0) is 28.5 Å². The first-order chi connectivity index (χ1) is 31.5. The molecule has 3 aliphatic rings. The lowest BCUT2D eigenvalue weighted by Gasteiger charge is -2.30. The third-order valence-electron chi connectivity index (χ3n) is 12.6. The summed E-state index contributed by atoms with van der Waals surface area (Å²) in [6.07, 6.45) is 4.22. The Morgan fingerprint density at radius 3 is 1.95 bits per heavy atom. The molecule has 4 N–H and O–H groups in total. The van der Waals surface area contributed by atoms with Gasteiger partial charge in [-0.1, -0.05) is 92.7 Å². The van der Waals surface area contributed by atoms with Gasteiger partial charge >= 0.3 is 12.2 Å². The van der Waals surface area contributed by atoms with Crippen molar-refractivity contribution in [2.75, 3.05) is 40.5 Å². The first-order valence-electron chi connectivity index (χ1n) is 21.9. The number of nitrogens with zero attached hydrogens (tertiary/aromatic N) is 4. The molecule has 0 aliphatic carbocycles. The molecule has 1 spiro atoms. The number of nitrogens with one attached hydrogen (secondary N) is 4. The minimum absolute atomic E-state index is 0.115. The van der Waals surface area contributed by atoms with Crippen LogP contribution in [-0.4, -0.2) is 106 Å². The van der Waals surface area contributed by atoms with Crippen LogP contribution in [0.15, 0.2) is 103 Å². The molecule has 3 fully saturated rings. The summed E-state index contributed by atoms with van der Waals surface area (Å²) < 4.78 is 21.8. The number of aromatic nitrogens is 4. The van der Waals surface area contributed by atoms with Crippen molar-refractivity contribution in [3.8, 4) is 33.6 Å². The normalized spacial score (nSPS) is 18.8. The summed E-state index contributed by atoms with van der Waals surface area (Å²) >= 11 is 0. The van der Waals surface area contributed by atoms with Crippen LogP contribution in [0.25, 0.3) is 44.4 Å². The van der Waals surface area contributed by atoms with Crippen LogP contribution in [0.2, 0.25) is 0 Å². The SMILES string of the molecule is COC(=O)N[C@H](C(=O)N1CCCC1c1ncc(-c2ccc3cc(-c4ccc(-c5cnc([C@@H]6CC7(CN6C(=O)[C@H](NC(=O)OC)c6ccccc6)OCCO7)[nH]5)cc4)ccc3c2)[nH]1)C(C)C. The van der Waals surface area contributed by atoms with E-state index < -0.39 is 36.1 Å². The Kier molecular flexibility index (Phi) is 12.1. The van der Waals surface area contributed by atoms with Crippen LogP contribution in [0.1, 0.15) is 68.4 Å². The van der Waals surface area contributed by atoms with Crippen molar-refractivity contribution in [2.24, 2.45) is 5.92 Å². The lowest BCUT2D eigenvalue weighted by Crippen LogP contribution is -2.51. The molecule has 16 nitrogen and oxygen atoms in total. The molecule has 6 aromatic rings. The van der Waals surface area contributed by atoms with E-state index in [4.69, 9.17) is 28.9 Å². The number of rotatable bonds is 11. The standard InChI is InChI=1S/C49H52N8O8/c1-29(2)41(54-47(60)62-3)45(58)56-20-8-11-39(56)43-50-27-38(53-43)36-19-18-34-23-33(16-17-35(34)24-36)30-12-14-31(15-13-30)37-26-51-44(52-37)40-25-49(64-21-22-65-49)28-57(40)46(59)42(55-48(61)63-4)32-9-6-5-7-10-32/h5-7,9-10,12-19,23-24,26-27,29,39-42H,8,11,20-22,25,28H2,1-4H3,(H,50,53)(H,51,52)(H,54,60)(H,55,61)/t39?,40-,41-,42+/m0/s1. The van der Waals surface area contributed by atoms with E-state index in [-0.39, 0.29) is 30.3 Å². The Bertz CT molecular complexity index is 2690. The van der Waals surface area contributed by atoms with Gasteiger partial charge in [-0.15, -0.1) is 0 Å². The number of amides is 4. The van der Waals surface area contributed by atoms with Crippen molar-refractivity contribution in [2.45, 2.75) is 63.1 Å². The lowest BCUT2D eigenvalue weighted by molar-refractivity contribution is -0.153. The molecule has 0 bridgehead atoms. The van der Waals surface area contributed by atoms with E-state index in [1.807, 2.05) is 55.3 Å². The van der Waals surface area contributed by atoms with E-state index in [0.717, 1.165) is 63.1 Å². The Labute approximate surface area is 376 Å². The Morgan fingerprint density at radius 2 is 1.29 bits per heavy atom. The number of fused-ring (bicyclic) bond motifs is 1. The first kappa shape index (κ1) is 43.2. The number of likely N-dealkylation sites (tertiary alicyclic amines) is 2. The number of H-pyrrole nitrogens is 2. The highest BCUT2D eigenvalue weighted by atomic mass is 16.7. The third kappa shape index (κ3) is 8.78. The molecular weight excluding hydrogens is 829 g/mol. The minimum Gasteiger partial charge on any atom is -0.453 e. The molecule has 3 saturated heterocycles. The molecule has 3 aliphatic heterocycles. The van der Waals surface area contributed by atoms with Gasteiger partial charge in [-0.2, -0.15) is 0 Å². The zero-order chi connectivity index (χ0) is 45.2. The number of hydrogen-bond donors (Lipinski definition) is 4. The molecule has 4 amide bonds. The highest BCUT2D eigenvalue weighted by molar-refractivity contribution is 5.91. The average molecular weight is 881 g/mol. The van der Waals surface area contributed by atoms with Gasteiger partial charge in [0.25, 0.3) is 5.91 Å². The summed E-state index contributed by atoms with van der Waals surface area (Å²) in [6.45, 7) is 5.40. The van der Waals surface area contributed by atoms with Crippen LogP contribution >= 0.6 is 0 Å².